The Morgan fingerprint density at radius 1 is 0.395 bits per heavy atom. The van der Waals surface area contributed by atoms with Crippen LogP contribution < -0.4 is 0 Å². The topological polar surface area (TPSA) is 52.6 Å². The monoisotopic (exact) mass is 609 g/mol. The molecule has 2 atom stereocenters. The molecule has 4 nitrogen and oxygen atoms in total. The number of hydrogen-bond donors (Lipinski definition) is 0. The van der Waals surface area contributed by atoms with Crippen LogP contribution in [0.2, 0.25) is 0 Å². The van der Waals surface area contributed by atoms with Crippen molar-refractivity contribution in [1.82, 2.24) is 0 Å². The van der Waals surface area contributed by atoms with Gasteiger partial charge in [-0.15, -0.1) is 0 Å². The molecule has 0 saturated carbocycles. The van der Waals surface area contributed by atoms with Crippen LogP contribution in [0.5, 0.6) is 0 Å². The van der Waals surface area contributed by atoms with Crippen molar-refractivity contribution in [2.24, 2.45) is 0 Å². The highest BCUT2D eigenvalue weighted by molar-refractivity contribution is 5.70. The predicted octanol–water partition coefficient (Wildman–Crippen LogP) is 13.0. The molecule has 0 aromatic carbocycles. The zero-order valence-corrected chi connectivity index (χ0v) is 29.7. The second-order valence-electron chi connectivity index (χ2n) is 13.4. The summed E-state index contributed by atoms with van der Waals surface area (Å²) >= 11 is 0. The Kier molecular flexibility index (Phi) is 33.0. The summed E-state index contributed by atoms with van der Waals surface area (Å²) in [6, 6.07) is 0. The van der Waals surface area contributed by atoms with Gasteiger partial charge >= 0.3 is 11.9 Å². The van der Waals surface area contributed by atoms with Crippen LogP contribution in [0.25, 0.3) is 0 Å². The fourth-order valence-corrected chi connectivity index (χ4v) is 5.95. The summed E-state index contributed by atoms with van der Waals surface area (Å²) in [5.74, 6) is -0.264. The summed E-state index contributed by atoms with van der Waals surface area (Å²) in [5.41, 5.74) is 0. The Morgan fingerprint density at radius 3 is 1.02 bits per heavy atom. The maximum absolute atomic E-state index is 12.7. The summed E-state index contributed by atoms with van der Waals surface area (Å²) in [5, 5.41) is 0. The third-order valence-corrected chi connectivity index (χ3v) is 8.93. The number of esters is 2. The lowest BCUT2D eigenvalue weighted by Gasteiger charge is -2.24. The minimum atomic E-state index is -0.378. The van der Waals surface area contributed by atoms with Gasteiger partial charge in [0.1, 0.15) is 12.2 Å². The van der Waals surface area contributed by atoms with Crippen LogP contribution in [0, 0.1) is 0 Å². The average Bonchev–Trinajstić information content (AvgIpc) is 2.99. The zero-order valence-electron chi connectivity index (χ0n) is 29.7. The highest BCUT2D eigenvalue weighted by Gasteiger charge is 2.24. The lowest BCUT2D eigenvalue weighted by atomic mass is 10.0. The van der Waals surface area contributed by atoms with Crippen molar-refractivity contribution < 1.29 is 19.1 Å². The molecule has 0 aliphatic heterocycles. The molecule has 4 heteroatoms. The molecule has 0 spiro atoms. The summed E-state index contributed by atoms with van der Waals surface area (Å²) in [6.45, 7) is 8.69. The molecule has 0 bridgehead atoms. The quantitative estimate of drug-likeness (QED) is 0.0538. The van der Waals surface area contributed by atoms with Crippen LogP contribution in [0.15, 0.2) is 0 Å². The van der Waals surface area contributed by atoms with Crippen molar-refractivity contribution in [1.29, 1.82) is 0 Å². The van der Waals surface area contributed by atoms with Crippen molar-refractivity contribution in [3.05, 3.63) is 0 Å². The van der Waals surface area contributed by atoms with Crippen molar-refractivity contribution in [3.63, 3.8) is 0 Å². The van der Waals surface area contributed by atoms with Crippen molar-refractivity contribution in [2.75, 3.05) is 0 Å². The van der Waals surface area contributed by atoms with Gasteiger partial charge in [-0.3, -0.25) is 9.59 Å². The number of carbonyl (C=O) groups excluding carboxylic acids is 2. The van der Waals surface area contributed by atoms with Crippen LogP contribution >= 0.6 is 0 Å². The average molecular weight is 609 g/mol. The molecular formula is C39H76O4. The SMILES string of the molecule is CCCCCCCCCCCCC(OC(=O)CCCCCCCCCCC)C(C)OC(=O)CCCCCCCCCCC. The van der Waals surface area contributed by atoms with E-state index in [0.29, 0.717) is 12.8 Å². The Hall–Kier alpha value is -1.06. The van der Waals surface area contributed by atoms with Crippen LogP contribution in [-0.4, -0.2) is 24.1 Å². The predicted molar refractivity (Wildman–Crippen MR) is 186 cm³/mol. The second kappa shape index (κ2) is 33.8. The van der Waals surface area contributed by atoms with Gasteiger partial charge in [-0.1, -0.05) is 181 Å². The fourth-order valence-electron chi connectivity index (χ4n) is 5.95. The van der Waals surface area contributed by atoms with Gasteiger partial charge in [0.05, 0.1) is 0 Å². The van der Waals surface area contributed by atoms with Crippen LogP contribution in [-0.2, 0) is 19.1 Å². The zero-order chi connectivity index (χ0) is 31.6. The molecule has 256 valence electrons. The van der Waals surface area contributed by atoms with E-state index in [1.54, 1.807) is 0 Å². The first-order chi connectivity index (χ1) is 21.0. The summed E-state index contributed by atoms with van der Waals surface area (Å²) in [6.07, 6.45) is 36.0. The van der Waals surface area contributed by atoms with Gasteiger partial charge in [0.25, 0.3) is 0 Å². The molecule has 2 unspecified atom stereocenters. The van der Waals surface area contributed by atoms with Gasteiger partial charge in [-0.2, -0.15) is 0 Å². The molecule has 0 radical (unpaired) electrons. The number of rotatable bonds is 34. The molecule has 0 rings (SSSR count). The molecule has 0 aromatic heterocycles. The minimum absolute atomic E-state index is 0.123. The number of ether oxygens (including phenoxy) is 2. The molecule has 0 amide bonds. The summed E-state index contributed by atoms with van der Waals surface area (Å²) < 4.78 is 11.8. The summed E-state index contributed by atoms with van der Waals surface area (Å²) in [7, 11) is 0. The van der Waals surface area contributed by atoms with Crippen molar-refractivity contribution >= 4 is 11.9 Å². The standard InChI is InChI=1S/C39H76O4/c1-5-8-11-14-17-20-23-24-27-30-33-37(43-39(41)35-32-29-26-22-19-16-13-10-7-3)36(4)42-38(40)34-31-28-25-21-18-15-12-9-6-2/h36-37H,5-35H2,1-4H3. The van der Waals surface area contributed by atoms with E-state index in [1.807, 2.05) is 6.92 Å². The maximum atomic E-state index is 12.7. The van der Waals surface area contributed by atoms with Gasteiger partial charge in [0.2, 0.25) is 0 Å². The Labute approximate surface area is 269 Å². The first-order valence-corrected chi connectivity index (χ1v) is 19.4. The number of unbranched alkanes of at least 4 members (excludes halogenated alkanes) is 25. The Bertz CT molecular complexity index is 590. The van der Waals surface area contributed by atoms with Crippen molar-refractivity contribution in [3.8, 4) is 0 Å². The Balaban J connectivity index is 4.36. The number of carbonyl (C=O) groups is 2. The molecular weight excluding hydrogens is 532 g/mol. The normalized spacial score (nSPS) is 12.7. The van der Waals surface area contributed by atoms with E-state index in [1.165, 1.54) is 141 Å². The molecule has 0 N–H and O–H groups in total. The highest BCUT2D eigenvalue weighted by Crippen LogP contribution is 2.19. The van der Waals surface area contributed by atoms with Gasteiger partial charge in [0.15, 0.2) is 0 Å². The molecule has 43 heavy (non-hydrogen) atoms. The van der Waals surface area contributed by atoms with E-state index in [4.69, 9.17) is 9.47 Å². The first kappa shape index (κ1) is 41.9. The first-order valence-electron chi connectivity index (χ1n) is 19.4. The van der Waals surface area contributed by atoms with Gasteiger partial charge < -0.3 is 9.47 Å². The molecule has 0 saturated heterocycles. The molecule has 0 aliphatic carbocycles. The van der Waals surface area contributed by atoms with Gasteiger partial charge in [0, 0.05) is 12.8 Å². The van der Waals surface area contributed by atoms with Crippen molar-refractivity contribution in [2.45, 2.75) is 239 Å². The van der Waals surface area contributed by atoms with Crippen LogP contribution in [0.1, 0.15) is 227 Å². The van der Waals surface area contributed by atoms with E-state index in [9.17, 15) is 9.59 Å². The molecule has 0 heterocycles. The molecule has 0 fully saturated rings. The van der Waals surface area contributed by atoms with Crippen LogP contribution in [0.4, 0.5) is 0 Å². The number of hydrogen-bond acceptors (Lipinski definition) is 4. The van der Waals surface area contributed by atoms with Gasteiger partial charge in [-0.05, 0) is 32.6 Å². The van der Waals surface area contributed by atoms with E-state index in [-0.39, 0.29) is 24.1 Å². The Morgan fingerprint density at radius 2 is 0.674 bits per heavy atom. The lowest BCUT2D eigenvalue weighted by molar-refractivity contribution is -0.167. The minimum Gasteiger partial charge on any atom is -0.459 e. The van der Waals surface area contributed by atoms with Crippen LogP contribution in [0.3, 0.4) is 0 Å². The van der Waals surface area contributed by atoms with E-state index >= 15 is 0 Å². The fraction of sp³-hybridized carbons (Fsp3) is 0.949. The summed E-state index contributed by atoms with van der Waals surface area (Å²) in [4.78, 5) is 25.3. The maximum Gasteiger partial charge on any atom is 0.306 e. The second-order valence-corrected chi connectivity index (χ2v) is 13.4. The van der Waals surface area contributed by atoms with E-state index in [0.717, 1.165) is 44.9 Å². The van der Waals surface area contributed by atoms with Gasteiger partial charge in [-0.25, -0.2) is 0 Å². The third kappa shape index (κ3) is 30.7. The largest absolute Gasteiger partial charge is 0.459 e. The third-order valence-electron chi connectivity index (χ3n) is 8.93. The molecule has 0 aliphatic rings. The highest BCUT2D eigenvalue weighted by atomic mass is 16.6. The smallest absolute Gasteiger partial charge is 0.306 e. The van der Waals surface area contributed by atoms with E-state index in [2.05, 4.69) is 20.8 Å². The lowest BCUT2D eigenvalue weighted by Crippen LogP contribution is -2.33. The van der Waals surface area contributed by atoms with E-state index < -0.39 is 0 Å². The molecule has 0 aromatic rings.